The van der Waals surface area contributed by atoms with Gasteiger partial charge in [-0.1, -0.05) is 20.3 Å². The first kappa shape index (κ1) is 11.1. The molecule has 1 aromatic heterocycles. The van der Waals surface area contributed by atoms with E-state index >= 15 is 0 Å². The third-order valence-electron chi connectivity index (χ3n) is 5.98. The van der Waals surface area contributed by atoms with Crippen molar-refractivity contribution in [2.24, 2.45) is 23.7 Å². The fraction of sp³-hybridized carbons (Fsp3) is 0.812. The monoisotopic (exact) mass is 244 g/mol. The summed E-state index contributed by atoms with van der Waals surface area (Å²) in [4.78, 5) is 8.68. The number of rotatable bonds is 1. The maximum absolute atomic E-state index is 4.98. The van der Waals surface area contributed by atoms with E-state index in [1.165, 1.54) is 55.7 Å². The van der Waals surface area contributed by atoms with E-state index in [1.54, 1.807) is 0 Å². The Kier molecular flexibility index (Phi) is 2.37. The third-order valence-corrected chi connectivity index (χ3v) is 5.98. The summed E-state index contributed by atoms with van der Waals surface area (Å²) >= 11 is 0. The summed E-state index contributed by atoms with van der Waals surface area (Å²) in [5.41, 5.74) is 2.84. The molecule has 1 aromatic rings. The Balaban J connectivity index is 1.62. The van der Waals surface area contributed by atoms with Gasteiger partial charge in [0.2, 0.25) is 0 Å². The van der Waals surface area contributed by atoms with Crippen molar-refractivity contribution in [3.63, 3.8) is 0 Å². The summed E-state index contributed by atoms with van der Waals surface area (Å²) in [6.45, 7) is 4.76. The second-order valence-corrected chi connectivity index (χ2v) is 7.19. The molecule has 98 valence electrons. The Morgan fingerprint density at radius 2 is 1.89 bits per heavy atom. The smallest absolute Gasteiger partial charge is 0.109 e. The summed E-state index contributed by atoms with van der Waals surface area (Å²) < 4.78 is 0. The molecule has 0 aliphatic heterocycles. The molecule has 3 aliphatic carbocycles. The van der Waals surface area contributed by atoms with Crippen molar-refractivity contribution in [2.75, 3.05) is 0 Å². The van der Waals surface area contributed by atoms with Gasteiger partial charge in [-0.25, -0.2) is 4.98 Å². The van der Waals surface area contributed by atoms with Gasteiger partial charge in [0, 0.05) is 11.6 Å². The maximum atomic E-state index is 4.98. The van der Waals surface area contributed by atoms with Crippen LogP contribution < -0.4 is 0 Å². The lowest BCUT2D eigenvalue weighted by Crippen LogP contribution is -2.20. The van der Waals surface area contributed by atoms with Crippen LogP contribution in [-0.4, -0.2) is 9.97 Å². The molecule has 0 amide bonds. The highest BCUT2D eigenvalue weighted by atomic mass is 15.0. The lowest BCUT2D eigenvalue weighted by atomic mass is 9.82. The average Bonchev–Trinajstić information content (AvgIpc) is 3.02. The van der Waals surface area contributed by atoms with E-state index in [0.717, 1.165) is 29.6 Å². The number of imidazole rings is 1. The molecule has 5 atom stereocenters. The Morgan fingerprint density at radius 3 is 2.61 bits per heavy atom. The van der Waals surface area contributed by atoms with E-state index in [0.29, 0.717) is 0 Å². The number of hydrogen-bond acceptors (Lipinski definition) is 1. The van der Waals surface area contributed by atoms with Gasteiger partial charge in [-0.15, -0.1) is 0 Å². The molecule has 3 aliphatic rings. The minimum atomic E-state index is 0.764. The first-order valence-electron chi connectivity index (χ1n) is 7.78. The van der Waals surface area contributed by atoms with E-state index < -0.39 is 0 Å². The number of aromatic nitrogens is 2. The van der Waals surface area contributed by atoms with E-state index in [-0.39, 0.29) is 0 Å². The molecule has 2 saturated carbocycles. The summed E-state index contributed by atoms with van der Waals surface area (Å²) in [6, 6.07) is 0. The van der Waals surface area contributed by atoms with Gasteiger partial charge in [0.25, 0.3) is 0 Å². The number of aromatic amines is 1. The van der Waals surface area contributed by atoms with Crippen LogP contribution in [-0.2, 0) is 12.8 Å². The summed E-state index contributed by atoms with van der Waals surface area (Å²) in [6.07, 6.45) is 8.21. The second kappa shape index (κ2) is 3.85. The molecule has 2 fully saturated rings. The lowest BCUT2D eigenvalue weighted by molar-refractivity contribution is 0.355. The largest absolute Gasteiger partial charge is 0.345 e. The van der Waals surface area contributed by atoms with Crippen molar-refractivity contribution in [3.8, 4) is 0 Å². The van der Waals surface area contributed by atoms with Crippen LogP contribution in [0.2, 0.25) is 0 Å². The zero-order chi connectivity index (χ0) is 12.3. The molecule has 5 unspecified atom stereocenters. The maximum Gasteiger partial charge on any atom is 0.109 e. The molecule has 2 heteroatoms. The van der Waals surface area contributed by atoms with Gasteiger partial charge >= 0.3 is 0 Å². The SMILES string of the molecule is CC1Cc2nc(C3CC4CCC3C4)[nH]c2CC1C. The summed E-state index contributed by atoms with van der Waals surface area (Å²) in [5, 5.41) is 0. The Bertz CT molecular complexity index is 434. The van der Waals surface area contributed by atoms with Gasteiger partial charge < -0.3 is 4.98 Å². The fourth-order valence-electron chi connectivity index (χ4n) is 4.59. The highest BCUT2D eigenvalue weighted by Crippen LogP contribution is 2.52. The van der Waals surface area contributed by atoms with E-state index in [9.17, 15) is 0 Å². The van der Waals surface area contributed by atoms with Crippen LogP contribution in [0.3, 0.4) is 0 Å². The molecule has 2 bridgehead atoms. The van der Waals surface area contributed by atoms with Gasteiger partial charge in [0.15, 0.2) is 0 Å². The van der Waals surface area contributed by atoms with Crippen molar-refractivity contribution in [1.29, 1.82) is 0 Å². The average molecular weight is 244 g/mol. The number of nitrogens with one attached hydrogen (secondary N) is 1. The molecule has 1 heterocycles. The second-order valence-electron chi connectivity index (χ2n) is 7.19. The predicted molar refractivity (Wildman–Crippen MR) is 72.5 cm³/mol. The van der Waals surface area contributed by atoms with Crippen molar-refractivity contribution in [2.45, 2.75) is 58.3 Å². The van der Waals surface area contributed by atoms with Crippen LogP contribution in [0, 0.1) is 23.7 Å². The number of fused-ring (bicyclic) bond motifs is 3. The van der Waals surface area contributed by atoms with E-state index in [2.05, 4.69) is 18.8 Å². The Morgan fingerprint density at radius 1 is 1.06 bits per heavy atom. The van der Waals surface area contributed by atoms with Crippen LogP contribution >= 0.6 is 0 Å². The first-order chi connectivity index (χ1) is 8.70. The molecule has 18 heavy (non-hydrogen) atoms. The van der Waals surface area contributed by atoms with Gasteiger partial charge in [0.1, 0.15) is 5.82 Å². The van der Waals surface area contributed by atoms with Crippen LogP contribution in [0.25, 0.3) is 0 Å². The van der Waals surface area contributed by atoms with Crippen molar-refractivity contribution in [3.05, 3.63) is 17.2 Å². The molecule has 1 N–H and O–H groups in total. The van der Waals surface area contributed by atoms with Crippen LogP contribution in [0.5, 0.6) is 0 Å². The standard InChI is InChI=1S/C16H24N2/c1-9-5-14-15(6-10(9)2)18-16(17-14)13-8-11-3-4-12(13)7-11/h9-13H,3-8H2,1-2H3,(H,17,18). The van der Waals surface area contributed by atoms with Crippen molar-refractivity contribution in [1.82, 2.24) is 9.97 Å². The zero-order valence-corrected chi connectivity index (χ0v) is 11.6. The minimum Gasteiger partial charge on any atom is -0.345 e. The molecule has 0 spiro atoms. The van der Waals surface area contributed by atoms with Crippen LogP contribution in [0.1, 0.15) is 62.7 Å². The van der Waals surface area contributed by atoms with Crippen LogP contribution in [0.4, 0.5) is 0 Å². The quantitative estimate of drug-likeness (QED) is 0.802. The number of hydrogen-bond donors (Lipinski definition) is 1. The van der Waals surface area contributed by atoms with E-state index in [1.807, 2.05) is 0 Å². The van der Waals surface area contributed by atoms with Crippen LogP contribution in [0.15, 0.2) is 0 Å². The molecule has 4 rings (SSSR count). The summed E-state index contributed by atoms with van der Waals surface area (Å²) in [7, 11) is 0. The number of H-pyrrole nitrogens is 1. The van der Waals surface area contributed by atoms with Gasteiger partial charge in [0.05, 0.1) is 5.69 Å². The van der Waals surface area contributed by atoms with Gasteiger partial charge in [-0.3, -0.25) is 0 Å². The zero-order valence-electron chi connectivity index (χ0n) is 11.6. The fourth-order valence-corrected chi connectivity index (χ4v) is 4.59. The predicted octanol–water partition coefficient (Wildman–Crippen LogP) is 3.68. The van der Waals surface area contributed by atoms with E-state index in [4.69, 9.17) is 4.98 Å². The Hall–Kier alpha value is -0.790. The lowest BCUT2D eigenvalue weighted by Gasteiger charge is -2.24. The molecule has 0 saturated heterocycles. The molecule has 0 aromatic carbocycles. The third kappa shape index (κ3) is 1.57. The molecular formula is C16H24N2. The first-order valence-corrected chi connectivity index (χ1v) is 7.78. The summed E-state index contributed by atoms with van der Waals surface area (Å²) in [5.74, 6) is 5.67. The highest BCUT2D eigenvalue weighted by molar-refractivity contribution is 5.22. The van der Waals surface area contributed by atoms with Crippen molar-refractivity contribution >= 4 is 0 Å². The molecule has 2 nitrogen and oxygen atoms in total. The Labute approximate surface area is 110 Å². The molecule has 0 radical (unpaired) electrons. The number of nitrogens with zero attached hydrogens (tertiary/aromatic N) is 1. The normalized spacial score (nSPS) is 42.2. The van der Waals surface area contributed by atoms with Crippen molar-refractivity contribution < 1.29 is 0 Å². The highest BCUT2D eigenvalue weighted by Gasteiger charge is 2.42. The van der Waals surface area contributed by atoms with Gasteiger partial charge in [-0.05, 0) is 55.8 Å². The minimum absolute atomic E-state index is 0.764. The van der Waals surface area contributed by atoms with Gasteiger partial charge in [-0.2, -0.15) is 0 Å². The topological polar surface area (TPSA) is 28.7 Å². The molecular weight excluding hydrogens is 220 g/mol.